The number of fused-ring (bicyclic) bond motifs is 14. The molecule has 0 saturated heterocycles. The number of amidine groups is 4. The molecule has 0 amide bonds. The number of aromatic nitrogens is 2. The molecule has 6 bridgehead atoms. The molecule has 10 rings (SSSR count). The van der Waals surface area contributed by atoms with Crippen LogP contribution in [0.1, 0.15) is 81.5 Å². The Morgan fingerprint density at radius 3 is 1.23 bits per heavy atom. The van der Waals surface area contributed by atoms with E-state index in [9.17, 15) is 0 Å². The molecule has 0 saturated carbocycles. The molecule has 6 aromatic rings. The van der Waals surface area contributed by atoms with Gasteiger partial charge in [0, 0.05) is 50.9 Å². The van der Waals surface area contributed by atoms with E-state index < -0.39 is 17.2 Å². The lowest BCUT2D eigenvalue weighted by Crippen LogP contribution is -2.67. The summed E-state index contributed by atoms with van der Waals surface area (Å²) in [5, 5.41) is 3.76. The highest BCUT2D eigenvalue weighted by Crippen LogP contribution is 2.45. The molecule has 0 aliphatic carbocycles. The molecule has 286 valence electrons. The van der Waals surface area contributed by atoms with Gasteiger partial charge in [-0.15, -0.1) is 0 Å². The van der Waals surface area contributed by atoms with Crippen LogP contribution < -0.4 is 11.0 Å². The zero-order valence-electron chi connectivity index (χ0n) is 33.0. The smallest absolute Gasteiger partial charge is 0.403 e. The van der Waals surface area contributed by atoms with Crippen molar-refractivity contribution >= 4 is 73.7 Å². The molecule has 12 heteroatoms. The van der Waals surface area contributed by atoms with Crippen LogP contribution in [0, 0.1) is 0 Å². The summed E-state index contributed by atoms with van der Waals surface area (Å²) in [6.45, 7) is 6.86. The Labute approximate surface area is 334 Å². The van der Waals surface area contributed by atoms with E-state index in [0.29, 0.717) is 46.0 Å². The van der Waals surface area contributed by atoms with Crippen molar-refractivity contribution in [3.05, 3.63) is 130 Å². The molecule has 6 heterocycles. The Morgan fingerprint density at radius 1 is 0.474 bits per heavy atom. The summed E-state index contributed by atoms with van der Waals surface area (Å²) >= 11 is 0. The average Bonchev–Trinajstić information content (AvgIpc) is 3.97. The molecule has 0 fully saturated rings. The monoisotopic (exact) mass is 786 g/mol. The lowest BCUT2D eigenvalue weighted by molar-refractivity contribution is 0.261. The first-order valence-electron chi connectivity index (χ1n) is 20.5. The van der Waals surface area contributed by atoms with Crippen LogP contribution in [-0.2, 0) is 8.54 Å². The molecular weight excluding hydrogens is 741 g/mol. The quantitative estimate of drug-likeness (QED) is 0.116. The maximum atomic E-state index is 8.40. The second kappa shape index (κ2) is 14.2. The van der Waals surface area contributed by atoms with Gasteiger partial charge in [0.25, 0.3) is 0 Å². The maximum Gasteiger partial charge on any atom is 0.592 e. The SMILES string of the molecule is CCCC[Si](CCCC)(CCCC)O[Si]1(OC)n2c3c4ccccc4c2N=C2N=C(N=c4c5ccccc5c(n41)=NC1=NC(=N3)c3ccccc31)c1ccccc12. The van der Waals surface area contributed by atoms with Crippen molar-refractivity contribution in [2.75, 3.05) is 7.11 Å². The third-order valence-corrected chi connectivity index (χ3v) is 21.0. The van der Waals surface area contributed by atoms with Gasteiger partial charge in [-0.25, -0.2) is 30.0 Å². The van der Waals surface area contributed by atoms with Crippen molar-refractivity contribution in [3.8, 4) is 0 Å². The highest BCUT2D eigenvalue weighted by atomic mass is 28.5. The van der Waals surface area contributed by atoms with Gasteiger partial charge in [-0.1, -0.05) is 156 Å². The van der Waals surface area contributed by atoms with Gasteiger partial charge in [0.15, 0.2) is 31.7 Å². The van der Waals surface area contributed by atoms with Gasteiger partial charge in [0.05, 0.1) is 0 Å². The molecule has 0 N–H and O–H groups in total. The molecule has 4 aliphatic heterocycles. The standard InChI is InChI=1S/C45H46N8O2Si2/c1-5-8-27-56(28-9-6-2,29-10-7-3)55-57(54-4)52-42-34-23-15-16-24-35(34)44(52)50-40-32-21-13-14-22-33(32)41(47-40)51-45-37-26-18-17-25-36(37)43(53(45)57)49-39-31-20-12-11-19-30(31)38(46-39)48-42/h11-26H,5-10,27-29H2,1-4H3. The van der Waals surface area contributed by atoms with Crippen molar-refractivity contribution in [1.82, 2.24) is 8.47 Å². The van der Waals surface area contributed by atoms with E-state index in [0.717, 1.165) is 100 Å². The van der Waals surface area contributed by atoms with Crippen molar-refractivity contribution in [2.24, 2.45) is 30.0 Å². The van der Waals surface area contributed by atoms with Crippen LogP contribution in [-0.4, -0.2) is 56.1 Å². The van der Waals surface area contributed by atoms with Gasteiger partial charge in [-0.2, -0.15) is 0 Å². The molecular formula is C45H46N8O2Si2. The molecule has 2 aromatic heterocycles. The fraction of sp³-hybridized carbons (Fsp3) is 0.289. The summed E-state index contributed by atoms with van der Waals surface area (Å²) < 4.78 is 20.2. The predicted octanol–water partition coefficient (Wildman–Crippen LogP) is 9.38. The van der Waals surface area contributed by atoms with Crippen molar-refractivity contribution in [3.63, 3.8) is 0 Å². The highest BCUT2D eigenvalue weighted by molar-refractivity contribution is 6.84. The van der Waals surface area contributed by atoms with Crippen LogP contribution in [0.5, 0.6) is 0 Å². The van der Waals surface area contributed by atoms with E-state index >= 15 is 0 Å². The normalized spacial score (nSPS) is 17.6. The number of hydrogen-bond acceptors (Lipinski definition) is 8. The number of unbranched alkanes of at least 4 members (excludes halogenated alkanes) is 3. The predicted molar refractivity (Wildman–Crippen MR) is 234 cm³/mol. The second-order valence-electron chi connectivity index (χ2n) is 15.5. The van der Waals surface area contributed by atoms with E-state index in [1.54, 1.807) is 0 Å². The lowest BCUT2D eigenvalue weighted by Gasteiger charge is -2.42. The first kappa shape index (κ1) is 36.0. The second-order valence-corrected chi connectivity index (χ2v) is 22.5. The fourth-order valence-corrected chi connectivity index (χ4v) is 19.7. The Kier molecular flexibility index (Phi) is 8.96. The summed E-state index contributed by atoms with van der Waals surface area (Å²) in [4.78, 5) is 32.7. The third kappa shape index (κ3) is 5.56. The summed E-state index contributed by atoms with van der Waals surface area (Å²) in [5.41, 5.74) is 5.13. The van der Waals surface area contributed by atoms with Crippen LogP contribution in [0.15, 0.2) is 127 Å². The van der Waals surface area contributed by atoms with Gasteiger partial charge in [-0.05, 0) is 18.1 Å². The van der Waals surface area contributed by atoms with E-state index in [1.807, 2.05) is 31.4 Å². The molecule has 1 unspecified atom stereocenters. The summed E-state index contributed by atoms with van der Waals surface area (Å²) in [6.07, 6.45) is 6.54. The highest BCUT2D eigenvalue weighted by Gasteiger charge is 2.56. The Bertz CT molecular complexity index is 2680. The third-order valence-electron chi connectivity index (χ3n) is 11.9. The minimum atomic E-state index is -4.09. The van der Waals surface area contributed by atoms with E-state index in [1.165, 1.54) is 0 Å². The van der Waals surface area contributed by atoms with Crippen LogP contribution in [0.25, 0.3) is 21.5 Å². The van der Waals surface area contributed by atoms with E-state index in [-0.39, 0.29) is 0 Å². The number of rotatable bonds is 12. The molecule has 1 atom stereocenters. The van der Waals surface area contributed by atoms with Gasteiger partial charge in [-0.3, -0.25) is 8.47 Å². The fourth-order valence-electron chi connectivity index (χ4n) is 9.06. The minimum Gasteiger partial charge on any atom is -0.403 e. The maximum absolute atomic E-state index is 8.40. The van der Waals surface area contributed by atoms with Crippen molar-refractivity contribution < 1.29 is 8.54 Å². The molecule has 4 aromatic carbocycles. The van der Waals surface area contributed by atoms with Crippen LogP contribution in [0.3, 0.4) is 0 Å². The van der Waals surface area contributed by atoms with Crippen molar-refractivity contribution in [2.45, 2.75) is 77.4 Å². The number of aliphatic imine (C=N–C) groups is 4. The topological polar surface area (TPSA) is 102 Å². The summed E-state index contributed by atoms with van der Waals surface area (Å²) in [6, 6.07) is 36.4. The van der Waals surface area contributed by atoms with Crippen molar-refractivity contribution in [1.29, 1.82) is 0 Å². The Balaban J connectivity index is 1.47. The first-order chi connectivity index (χ1) is 28.0. The van der Waals surface area contributed by atoms with Crippen LogP contribution in [0.4, 0.5) is 11.6 Å². The van der Waals surface area contributed by atoms with Gasteiger partial charge >= 0.3 is 8.88 Å². The molecule has 0 spiro atoms. The molecule has 0 radical (unpaired) electrons. The number of benzene rings is 4. The molecule has 10 nitrogen and oxygen atoms in total. The van der Waals surface area contributed by atoms with Gasteiger partial charge in [0.2, 0.25) is 0 Å². The molecule has 57 heavy (non-hydrogen) atoms. The summed E-state index contributed by atoms with van der Waals surface area (Å²) in [7, 11) is -4.88. The molecule has 4 aliphatic rings. The zero-order valence-corrected chi connectivity index (χ0v) is 35.0. The van der Waals surface area contributed by atoms with Gasteiger partial charge in [0.1, 0.15) is 22.6 Å². The first-order valence-corrected chi connectivity index (χ1v) is 24.8. The summed E-state index contributed by atoms with van der Waals surface area (Å²) in [5.74, 6) is 3.81. The van der Waals surface area contributed by atoms with E-state index in [4.69, 9.17) is 38.5 Å². The van der Waals surface area contributed by atoms with Crippen LogP contribution >= 0.6 is 0 Å². The van der Waals surface area contributed by atoms with Gasteiger partial charge < -0.3 is 8.54 Å². The average molecular weight is 787 g/mol. The lowest BCUT2D eigenvalue weighted by atomic mass is 10.1. The number of hydrogen-bond donors (Lipinski definition) is 0. The van der Waals surface area contributed by atoms with E-state index in [2.05, 4.69) is 102 Å². The van der Waals surface area contributed by atoms with Crippen LogP contribution in [0.2, 0.25) is 18.1 Å². The Morgan fingerprint density at radius 2 is 0.842 bits per heavy atom. The largest absolute Gasteiger partial charge is 0.592 e. The minimum absolute atomic E-state index is 0.603. The Hall–Kier alpha value is -5.41. The number of nitrogens with zero attached hydrogens (tertiary/aromatic N) is 8. The zero-order chi connectivity index (χ0) is 38.7.